The van der Waals surface area contributed by atoms with Crippen LogP contribution in [0.2, 0.25) is 0 Å². The van der Waals surface area contributed by atoms with E-state index in [0.717, 1.165) is 37.0 Å². The van der Waals surface area contributed by atoms with Crippen molar-refractivity contribution in [1.82, 2.24) is 14.9 Å². The van der Waals surface area contributed by atoms with E-state index in [4.69, 9.17) is 0 Å². The number of aromatic nitrogens is 2. The summed E-state index contributed by atoms with van der Waals surface area (Å²) < 4.78 is 28.3. The maximum atomic E-state index is 13.9. The van der Waals surface area contributed by atoms with E-state index in [1.165, 1.54) is 21.8 Å². The molecule has 2 heterocycles. The number of aryl methyl sites for hydroxylation is 1. The molecule has 1 N–H and O–H groups in total. The van der Waals surface area contributed by atoms with Crippen molar-refractivity contribution in [2.75, 3.05) is 0 Å². The average Bonchev–Trinajstić information content (AvgIpc) is 3.02. The first-order valence-electron chi connectivity index (χ1n) is 9.57. The number of fused-ring (bicyclic) bond motifs is 3. The highest BCUT2D eigenvalue weighted by Crippen LogP contribution is 2.35. The van der Waals surface area contributed by atoms with Gasteiger partial charge in [0.25, 0.3) is 5.56 Å². The molecule has 0 fully saturated rings. The average molecular weight is 417 g/mol. The third-order valence-corrected chi connectivity index (χ3v) is 6.56. The smallest absolute Gasteiger partial charge is 0.262 e. The van der Waals surface area contributed by atoms with Gasteiger partial charge in [-0.3, -0.25) is 14.2 Å². The van der Waals surface area contributed by atoms with Crippen LogP contribution in [0.15, 0.2) is 29.3 Å². The molecular weight excluding hydrogens is 396 g/mol. The highest BCUT2D eigenvalue weighted by atomic mass is 32.1. The molecule has 0 saturated heterocycles. The summed E-state index contributed by atoms with van der Waals surface area (Å²) in [7, 11) is 0. The molecule has 3 aromatic rings. The Hall–Kier alpha value is -2.61. The lowest BCUT2D eigenvalue weighted by Gasteiger charge is -2.17. The zero-order valence-electron chi connectivity index (χ0n) is 16.2. The minimum atomic E-state index is -0.725. The molecule has 1 aromatic carbocycles. The van der Waals surface area contributed by atoms with Crippen LogP contribution in [0.3, 0.4) is 0 Å². The van der Waals surface area contributed by atoms with E-state index in [9.17, 15) is 18.4 Å². The summed E-state index contributed by atoms with van der Waals surface area (Å²) in [5.74, 6) is -1.25. The first-order valence-corrected chi connectivity index (χ1v) is 10.4. The van der Waals surface area contributed by atoms with Crippen LogP contribution in [-0.2, 0) is 24.2 Å². The highest BCUT2D eigenvalue weighted by molar-refractivity contribution is 7.18. The molecule has 4 rings (SSSR count). The predicted molar refractivity (Wildman–Crippen MR) is 108 cm³/mol. The standard InChI is InChI=1S/C21H21F2N3O2S/c1-11-3-5-15-17(7-11)29-20-19(15)21(28)26(10-24-20)9-18(27)25-12(2)14-6-4-13(22)8-16(14)23/h4,6,8,10-12H,3,5,7,9H2,1-2H3,(H,25,27). The molecule has 1 aliphatic rings. The summed E-state index contributed by atoms with van der Waals surface area (Å²) >= 11 is 1.56. The van der Waals surface area contributed by atoms with Crippen LogP contribution in [0.5, 0.6) is 0 Å². The molecule has 8 heteroatoms. The zero-order chi connectivity index (χ0) is 20.7. The van der Waals surface area contributed by atoms with E-state index >= 15 is 0 Å². The maximum Gasteiger partial charge on any atom is 0.262 e. The fourth-order valence-electron chi connectivity index (χ4n) is 3.85. The van der Waals surface area contributed by atoms with E-state index in [2.05, 4.69) is 17.2 Å². The number of amides is 1. The fourth-order valence-corrected chi connectivity index (χ4v) is 5.19. The topological polar surface area (TPSA) is 64.0 Å². The molecular formula is C21H21F2N3O2S. The Morgan fingerprint density at radius 2 is 2.21 bits per heavy atom. The molecule has 0 saturated carbocycles. The molecule has 0 spiro atoms. The minimum Gasteiger partial charge on any atom is -0.348 e. The molecule has 0 bridgehead atoms. The third-order valence-electron chi connectivity index (χ3n) is 5.40. The highest BCUT2D eigenvalue weighted by Gasteiger charge is 2.23. The quantitative estimate of drug-likeness (QED) is 0.703. The van der Waals surface area contributed by atoms with Gasteiger partial charge in [-0.2, -0.15) is 0 Å². The van der Waals surface area contributed by atoms with Gasteiger partial charge >= 0.3 is 0 Å². The number of rotatable bonds is 4. The van der Waals surface area contributed by atoms with Crippen LogP contribution in [0, 0.1) is 17.6 Å². The Labute approximate surface area is 170 Å². The number of carbonyl (C=O) groups is 1. The molecule has 29 heavy (non-hydrogen) atoms. The molecule has 1 amide bonds. The van der Waals surface area contributed by atoms with Gasteiger partial charge in [-0.1, -0.05) is 13.0 Å². The summed E-state index contributed by atoms with van der Waals surface area (Å²) in [5.41, 5.74) is 1.02. The largest absolute Gasteiger partial charge is 0.348 e. The number of benzene rings is 1. The second-order valence-corrected chi connectivity index (χ2v) is 8.75. The first-order chi connectivity index (χ1) is 13.8. The molecule has 5 nitrogen and oxygen atoms in total. The van der Waals surface area contributed by atoms with E-state index < -0.39 is 23.6 Å². The normalized spacial score (nSPS) is 17.2. The van der Waals surface area contributed by atoms with Gasteiger partial charge in [-0.15, -0.1) is 11.3 Å². The van der Waals surface area contributed by atoms with Crippen LogP contribution in [-0.4, -0.2) is 15.5 Å². The number of hydrogen-bond donors (Lipinski definition) is 1. The Bertz CT molecular complexity index is 1150. The van der Waals surface area contributed by atoms with Crippen molar-refractivity contribution < 1.29 is 13.6 Å². The van der Waals surface area contributed by atoms with Gasteiger partial charge in [0.15, 0.2) is 0 Å². The fraction of sp³-hybridized carbons (Fsp3) is 0.381. The number of thiophene rings is 1. The van der Waals surface area contributed by atoms with E-state index in [0.29, 0.717) is 16.1 Å². The van der Waals surface area contributed by atoms with E-state index in [1.54, 1.807) is 18.3 Å². The summed E-state index contributed by atoms with van der Waals surface area (Å²) in [6.45, 7) is 3.60. The van der Waals surface area contributed by atoms with Crippen LogP contribution < -0.4 is 10.9 Å². The molecule has 0 aliphatic heterocycles. The van der Waals surface area contributed by atoms with Gasteiger partial charge in [-0.25, -0.2) is 13.8 Å². The van der Waals surface area contributed by atoms with Crippen LogP contribution >= 0.6 is 11.3 Å². The Kier molecular flexibility index (Phi) is 5.21. The molecule has 2 atom stereocenters. The van der Waals surface area contributed by atoms with E-state index in [-0.39, 0.29) is 17.7 Å². The van der Waals surface area contributed by atoms with Crippen LogP contribution in [0.1, 0.15) is 42.3 Å². The van der Waals surface area contributed by atoms with Crippen molar-refractivity contribution in [2.24, 2.45) is 5.92 Å². The second kappa shape index (κ2) is 7.67. The molecule has 152 valence electrons. The predicted octanol–water partition coefficient (Wildman–Crippen LogP) is 3.74. The lowest BCUT2D eigenvalue weighted by atomic mass is 9.89. The Morgan fingerprint density at radius 1 is 1.41 bits per heavy atom. The Balaban J connectivity index is 1.55. The lowest BCUT2D eigenvalue weighted by Crippen LogP contribution is -2.34. The zero-order valence-corrected chi connectivity index (χ0v) is 17.0. The van der Waals surface area contributed by atoms with Gasteiger partial charge in [0, 0.05) is 16.5 Å². The van der Waals surface area contributed by atoms with Gasteiger partial charge in [0.2, 0.25) is 5.91 Å². The molecule has 2 aromatic heterocycles. The lowest BCUT2D eigenvalue weighted by molar-refractivity contribution is -0.122. The van der Waals surface area contributed by atoms with Crippen molar-refractivity contribution in [3.05, 3.63) is 62.5 Å². The van der Waals surface area contributed by atoms with E-state index in [1.807, 2.05) is 0 Å². The third kappa shape index (κ3) is 3.81. The number of nitrogens with one attached hydrogen (secondary N) is 1. The molecule has 1 aliphatic carbocycles. The van der Waals surface area contributed by atoms with Crippen LogP contribution in [0.4, 0.5) is 8.78 Å². The van der Waals surface area contributed by atoms with Crippen molar-refractivity contribution in [1.29, 1.82) is 0 Å². The summed E-state index contributed by atoms with van der Waals surface area (Å²) in [5, 5.41) is 3.27. The minimum absolute atomic E-state index is 0.182. The first kappa shape index (κ1) is 19.7. The number of nitrogens with zero attached hydrogens (tertiary/aromatic N) is 2. The van der Waals surface area contributed by atoms with Gasteiger partial charge in [-0.05, 0) is 43.7 Å². The van der Waals surface area contributed by atoms with Gasteiger partial charge in [0.05, 0.1) is 17.8 Å². The monoisotopic (exact) mass is 417 g/mol. The SMILES string of the molecule is CC1CCc2c(sc3ncn(CC(=O)NC(C)c4ccc(F)cc4F)c(=O)c23)C1. The van der Waals surface area contributed by atoms with Crippen molar-refractivity contribution in [3.63, 3.8) is 0 Å². The number of halogens is 2. The van der Waals surface area contributed by atoms with Gasteiger partial charge < -0.3 is 5.32 Å². The second-order valence-electron chi connectivity index (χ2n) is 7.66. The van der Waals surface area contributed by atoms with Crippen molar-refractivity contribution in [3.8, 4) is 0 Å². The number of hydrogen-bond acceptors (Lipinski definition) is 4. The summed E-state index contributed by atoms with van der Waals surface area (Å²) in [6.07, 6.45) is 4.23. The van der Waals surface area contributed by atoms with Crippen LogP contribution in [0.25, 0.3) is 10.2 Å². The summed E-state index contributed by atoms with van der Waals surface area (Å²) in [6, 6.07) is 2.56. The van der Waals surface area contributed by atoms with Crippen molar-refractivity contribution >= 4 is 27.5 Å². The van der Waals surface area contributed by atoms with Gasteiger partial charge in [0.1, 0.15) is 23.0 Å². The number of carbonyl (C=O) groups excluding carboxylic acids is 1. The summed E-state index contributed by atoms with van der Waals surface area (Å²) in [4.78, 5) is 31.7. The maximum absolute atomic E-state index is 13.9. The Morgan fingerprint density at radius 3 is 2.97 bits per heavy atom. The molecule has 0 radical (unpaired) electrons. The van der Waals surface area contributed by atoms with Crippen molar-refractivity contribution in [2.45, 2.75) is 45.7 Å². The molecule has 2 unspecified atom stereocenters.